The molecule has 1 heterocycles. The maximum absolute atomic E-state index is 6.32. The second kappa shape index (κ2) is 10.1. The third-order valence-electron chi connectivity index (χ3n) is 3.96. The molecular formula is C18H19Cl4N5O. The molecule has 2 aromatic rings. The van der Waals surface area contributed by atoms with Gasteiger partial charge >= 0.3 is 0 Å². The zero-order valence-electron chi connectivity index (χ0n) is 14.7. The van der Waals surface area contributed by atoms with E-state index < -0.39 is 6.17 Å². The highest BCUT2D eigenvalue weighted by Crippen LogP contribution is 2.30. The fourth-order valence-electron chi connectivity index (χ4n) is 2.68. The fourth-order valence-corrected chi connectivity index (χ4v) is 3.20. The van der Waals surface area contributed by atoms with Gasteiger partial charge in [-0.15, -0.1) is 12.4 Å². The first-order valence-electron chi connectivity index (χ1n) is 8.22. The highest BCUT2D eigenvalue weighted by atomic mass is 35.5. The average Bonchev–Trinajstić information content (AvgIpc) is 2.63. The summed E-state index contributed by atoms with van der Waals surface area (Å²) in [5.74, 6) is 1.07. The van der Waals surface area contributed by atoms with Gasteiger partial charge < -0.3 is 21.1 Å². The minimum absolute atomic E-state index is 0. The maximum atomic E-state index is 6.32. The van der Waals surface area contributed by atoms with Crippen LogP contribution in [0, 0.1) is 0 Å². The van der Waals surface area contributed by atoms with Crippen molar-refractivity contribution in [2.75, 3.05) is 13.2 Å². The van der Waals surface area contributed by atoms with Crippen molar-refractivity contribution in [1.29, 1.82) is 0 Å². The van der Waals surface area contributed by atoms with Crippen LogP contribution in [0.1, 0.15) is 18.2 Å². The lowest BCUT2D eigenvalue weighted by Crippen LogP contribution is -2.45. The van der Waals surface area contributed by atoms with E-state index in [1.54, 1.807) is 24.3 Å². The molecule has 150 valence electrons. The molecule has 1 unspecified atom stereocenters. The Kier molecular flexibility index (Phi) is 8.07. The average molecular weight is 463 g/mol. The molecule has 1 aliphatic rings. The Hall–Kier alpha value is -1.86. The van der Waals surface area contributed by atoms with Gasteiger partial charge in [-0.3, -0.25) is 0 Å². The van der Waals surface area contributed by atoms with E-state index in [1.165, 1.54) is 0 Å². The molecular weight excluding hydrogens is 444 g/mol. The molecule has 0 spiro atoms. The number of hydrogen-bond donors (Lipinski definition) is 2. The molecule has 2 aromatic carbocycles. The molecule has 10 heteroatoms. The summed E-state index contributed by atoms with van der Waals surface area (Å²) < 4.78 is 5.72. The summed E-state index contributed by atoms with van der Waals surface area (Å²) >= 11 is 18.2. The lowest BCUT2D eigenvalue weighted by Gasteiger charge is -2.33. The van der Waals surface area contributed by atoms with Crippen LogP contribution in [0.25, 0.3) is 0 Å². The van der Waals surface area contributed by atoms with Gasteiger partial charge in [-0.05, 0) is 24.6 Å². The first kappa shape index (κ1) is 22.4. The molecule has 0 saturated heterocycles. The van der Waals surface area contributed by atoms with Gasteiger partial charge in [0.2, 0.25) is 11.9 Å². The number of aliphatic imine (C=N–C) groups is 2. The number of guanidine groups is 2. The highest BCUT2D eigenvalue weighted by molar-refractivity contribution is 6.42. The number of benzene rings is 2. The molecule has 1 aliphatic heterocycles. The highest BCUT2D eigenvalue weighted by Gasteiger charge is 2.27. The van der Waals surface area contributed by atoms with Crippen molar-refractivity contribution < 1.29 is 4.74 Å². The largest absolute Gasteiger partial charge is 0.493 e. The van der Waals surface area contributed by atoms with Crippen LogP contribution in [0.2, 0.25) is 15.1 Å². The number of halogens is 4. The molecule has 4 N–H and O–H groups in total. The minimum atomic E-state index is -0.429. The van der Waals surface area contributed by atoms with Crippen LogP contribution in [0.5, 0.6) is 5.75 Å². The van der Waals surface area contributed by atoms with Crippen molar-refractivity contribution in [3.05, 3.63) is 63.1 Å². The lowest BCUT2D eigenvalue weighted by atomic mass is 10.1. The van der Waals surface area contributed by atoms with E-state index >= 15 is 0 Å². The Balaban J connectivity index is 0.00000280. The van der Waals surface area contributed by atoms with E-state index in [2.05, 4.69) is 9.98 Å². The normalized spacial score (nSPS) is 16.1. The molecule has 3 rings (SSSR count). The first-order valence-corrected chi connectivity index (χ1v) is 9.35. The molecule has 0 bridgehead atoms. The van der Waals surface area contributed by atoms with Crippen molar-refractivity contribution in [2.45, 2.75) is 12.6 Å². The van der Waals surface area contributed by atoms with E-state index in [9.17, 15) is 0 Å². The summed E-state index contributed by atoms with van der Waals surface area (Å²) in [6.07, 6.45) is 0.244. The molecule has 0 fully saturated rings. The van der Waals surface area contributed by atoms with Crippen molar-refractivity contribution in [2.24, 2.45) is 21.5 Å². The summed E-state index contributed by atoms with van der Waals surface area (Å²) in [6.45, 7) is 1.01. The molecule has 6 nitrogen and oxygen atoms in total. The topological polar surface area (TPSA) is 89.2 Å². The van der Waals surface area contributed by atoms with Gasteiger partial charge in [0.05, 0.1) is 16.7 Å². The van der Waals surface area contributed by atoms with Crippen LogP contribution >= 0.6 is 47.2 Å². The summed E-state index contributed by atoms with van der Waals surface area (Å²) in [5, 5.41) is 1.52. The van der Waals surface area contributed by atoms with E-state index in [1.807, 2.05) is 23.1 Å². The first-order chi connectivity index (χ1) is 13.0. The SMILES string of the molecule is Cl.NC1=NC(c2ccccc2Cl)N(CCCOc2ccc(Cl)c(Cl)c2)C(N)=N1. The van der Waals surface area contributed by atoms with Crippen LogP contribution in [0.4, 0.5) is 0 Å². The molecule has 0 radical (unpaired) electrons. The summed E-state index contributed by atoms with van der Waals surface area (Å²) in [6, 6.07) is 12.6. The third-order valence-corrected chi connectivity index (χ3v) is 5.04. The predicted molar refractivity (Wildman–Crippen MR) is 118 cm³/mol. The summed E-state index contributed by atoms with van der Waals surface area (Å²) in [7, 11) is 0. The molecule has 28 heavy (non-hydrogen) atoms. The second-order valence-electron chi connectivity index (χ2n) is 5.82. The second-order valence-corrected chi connectivity index (χ2v) is 7.05. The number of ether oxygens (including phenoxy) is 1. The number of rotatable bonds is 6. The smallest absolute Gasteiger partial charge is 0.220 e. The van der Waals surface area contributed by atoms with Crippen LogP contribution in [-0.2, 0) is 0 Å². The van der Waals surface area contributed by atoms with E-state index in [0.29, 0.717) is 46.3 Å². The Labute approximate surface area is 184 Å². The Morgan fingerprint density at radius 3 is 2.46 bits per heavy atom. The maximum Gasteiger partial charge on any atom is 0.220 e. The minimum Gasteiger partial charge on any atom is -0.493 e. The monoisotopic (exact) mass is 461 g/mol. The van der Waals surface area contributed by atoms with Gasteiger partial charge in [-0.2, -0.15) is 4.99 Å². The van der Waals surface area contributed by atoms with Crippen molar-refractivity contribution >= 4 is 59.1 Å². The Morgan fingerprint density at radius 1 is 1.00 bits per heavy atom. The number of hydrogen-bond acceptors (Lipinski definition) is 6. The molecule has 1 atom stereocenters. The van der Waals surface area contributed by atoms with Crippen molar-refractivity contribution in [1.82, 2.24) is 4.90 Å². The lowest BCUT2D eigenvalue weighted by molar-refractivity contribution is 0.258. The van der Waals surface area contributed by atoms with Gasteiger partial charge in [0.25, 0.3) is 0 Å². The van der Waals surface area contributed by atoms with E-state index in [-0.39, 0.29) is 18.4 Å². The van der Waals surface area contributed by atoms with Gasteiger partial charge in [0, 0.05) is 23.2 Å². The zero-order chi connectivity index (χ0) is 19.4. The van der Waals surface area contributed by atoms with Crippen LogP contribution < -0.4 is 16.2 Å². The third kappa shape index (κ3) is 5.35. The van der Waals surface area contributed by atoms with Crippen LogP contribution in [0.15, 0.2) is 52.4 Å². The van der Waals surface area contributed by atoms with Gasteiger partial charge in [-0.1, -0.05) is 53.0 Å². The van der Waals surface area contributed by atoms with Crippen LogP contribution in [0.3, 0.4) is 0 Å². The van der Waals surface area contributed by atoms with E-state index in [4.69, 9.17) is 51.0 Å². The van der Waals surface area contributed by atoms with Crippen LogP contribution in [-0.4, -0.2) is 30.0 Å². The van der Waals surface area contributed by atoms with Crippen molar-refractivity contribution in [3.63, 3.8) is 0 Å². The molecule has 0 saturated carbocycles. The number of nitrogens with zero attached hydrogens (tertiary/aromatic N) is 3. The standard InChI is InChI=1S/C18H18Cl3N5O.ClH/c19-13-5-2-1-4-12(13)16-24-17(22)25-18(23)26(16)8-3-9-27-11-6-7-14(20)15(21)10-11;/h1-2,4-7,10,16H,3,8-9H2,(H4,22,23,24,25);1H. The number of nitrogens with two attached hydrogens (primary N) is 2. The van der Waals surface area contributed by atoms with Gasteiger partial charge in [0.15, 0.2) is 6.17 Å². The Bertz CT molecular complexity index is 890. The summed E-state index contributed by atoms with van der Waals surface area (Å²) in [5.41, 5.74) is 12.7. The zero-order valence-corrected chi connectivity index (χ0v) is 17.8. The van der Waals surface area contributed by atoms with E-state index in [0.717, 1.165) is 5.56 Å². The molecule has 0 aromatic heterocycles. The predicted octanol–water partition coefficient (Wildman–Crippen LogP) is 4.48. The van der Waals surface area contributed by atoms with Gasteiger partial charge in [-0.25, -0.2) is 4.99 Å². The molecule has 0 aliphatic carbocycles. The quantitative estimate of drug-likeness (QED) is 0.619. The van der Waals surface area contributed by atoms with Gasteiger partial charge in [0.1, 0.15) is 5.75 Å². The fraction of sp³-hybridized carbons (Fsp3) is 0.222. The molecule has 0 amide bonds. The Morgan fingerprint density at radius 2 is 1.75 bits per heavy atom. The van der Waals surface area contributed by atoms with Crippen molar-refractivity contribution in [3.8, 4) is 5.75 Å². The summed E-state index contributed by atoms with van der Waals surface area (Å²) in [4.78, 5) is 10.3.